The summed E-state index contributed by atoms with van der Waals surface area (Å²) in [5.41, 5.74) is 3.97. The third-order valence-electron chi connectivity index (χ3n) is 2.74. The standard InChI is InChI=1S/C14H11NO2/c1-10-13(9-17)6-15-7-14(10)12-4-2-11(8-16)3-5-12/h2-9H,1H3. The number of aldehydes is 2. The van der Waals surface area contributed by atoms with Crippen molar-refractivity contribution >= 4 is 12.6 Å². The van der Waals surface area contributed by atoms with Gasteiger partial charge in [-0.05, 0) is 18.1 Å². The average Bonchev–Trinajstić information content (AvgIpc) is 2.39. The Balaban J connectivity index is 2.52. The second-order valence-electron chi connectivity index (χ2n) is 3.76. The van der Waals surface area contributed by atoms with Gasteiger partial charge in [-0.15, -0.1) is 0 Å². The Morgan fingerprint density at radius 2 is 1.71 bits per heavy atom. The molecular weight excluding hydrogens is 214 g/mol. The first-order chi connectivity index (χ1) is 8.26. The molecule has 0 bridgehead atoms. The van der Waals surface area contributed by atoms with Crippen molar-refractivity contribution in [2.24, 2.45) is 0 Å². The van der Waals surface area contributed by atoms with E-state index in [9.17, 15) is 9.59 Å². The van der Waals surface area contributed by atoms with Crippen molar-refractivity contribution in [3.8, 4) is 11.1 Å². The largest absolute Gasteiger partial charge is 0.298 e. The Kier molecular flexibility index (Phi) is 3.10. The fraction of sp³-hybridized carbons (Fsp3) is 0.0714. The second-order valence-corrected chi connectivity index (χ2v) is 3.76. The van der Waals surface area contributed by atoms with Crippen LogP contribution in [0.5, 0.6) is 0 Å². The van der Waals surface area contributed by atoms with Gasteiger partial charge in [-0.1, -0.05) is 24.3 Å². The van der Waals surface area contributed by atoms with E-state index in [1.165, 1.54) is 0 Å². The summed E-state index contributed by atoms with van der Waals surface area (Å²) in [7, 11) is 0. The van der Waals surface area contributed by atoms with E-state index in [1.807, 2.05) is 19.1 Å². The molecule has 0 saturated heterocycles. The zero-order valence-corrected chi connectivity index (χ0v) is 9.38. The lowest BCUT2D eigenvalue weighted by Gasteiger charge is -2.07. The van der Waals surface area contributed by atoms with Crippen molar-refractivity contribution < 1.29 is 9.59 Å². The topological polar surface area (TPSA) is 47.0 Å². The highest BCUT2D eigenvalue weighted by Crippen LogP contribution is 2.24. The summed E-state index contributed by atoms with van der Waals surface area (Å²) in [6.07, 6.45) is 4.87. The minimum Gasteiger partial charge on any atom is -0.298 e. The predicted molar refractivity (Wildman–Crippen MR) is 65.2 cm³/mol. The van der Waals surface area contributed by atoms with Gasteiger partial charge in [0.2, 0.25) is 0 Å². The summed E-state index contributed by atoms with van der Waals surface area (Å²) in [6, 6.07) is 7.19. The molecule has 0 amide bonds. The van der Waals surface area contributed by atoms with Crippen LogP contribution in [0.4, 0.5) is 0 Å². The molecule has 0 radical (unpaired) electrons. The van der Waals surface area contributed by atoms with Crippen LogP contribution in [0.2, 0.25) is 0 Å². The lowest BCUT2D eigenvalue weighted by molar-refractivity contribution is 0.111. The number of hydrogen-bond donors (Lipinski definition) is 0. The van der Waals surface area contributed by atoms with Gasteiger partial charge in [0.1, 0.15) is 6.29 Å². The SMILES string of the molecule is Cc1c(C=O)cncc1-c1ccc(C=O)cc1. The molecule has 84 valence electrons. The summed E-state index contributed by atoms with van der Waals surface area (Å²) in [5, 5.41) is 0. The Morgan fingerprint density at radius 1 is 1.00 bits per heavy atom. The molecule has 3 heteroatoms. The first kappa shape index (κ1) is 11.2. The zero-order chi connectivity index (χ0) is 12.3. The van der Waals surface area contributed by atoms with Gasteiger partial charge < -0.3 is 0 Å². The van der Waals surface area contributed by atoms with Crippen LogP contribution in [0.3, 0.4) is 0 Å². The minimum atomic E-state index is 0.585. The minimum absolute atomic E-state index is 0.585. The Bertz CT molecular complexity index is 559. The molecule has 3 nitrogen and oxygen atoms in total. The number of aromatic nitrogens is 1. The van der Waals surface area contributed by atoms with E-state index in [0.717, 1.165) is 29.3 Å². The van der Waals surface area contributed by atoms with Gasteiger partial charge in [-0.25, -0.2) is 0 Å². The number of pyridine rings is 1. The van der Waals surface area contributed by atoms with E-state index in [-0.39, 0.29) is 0 Å². The van der Waals surface area contributed by atoms with Crippen LogP contribution in [-0.2, 0) is 0 Å². The molecule has 2 aromatic rings. The molecular formula is C14H11NO2. The summed E-state index contributed by atoms with van der Waals surface area (Å²) in [6.45, 7) is 1.88. The molecule has 17 heavy (non-hydrogen) atoms. The fourth-order valence-corrected chi connectivity index (χ4v) is 1.69. The molecule has 0 atom stereocenters. The molecule has 1 aromatic heterocycles. The first-order valence-corrected chi connectivity index (χ1v) is 5.21. The molecule has 0 saturated carbocycles. The summed E-state index contributed by atoms with van der Waals surface area (Å²) in [4.78, 5) is 25.4. The van der Waals surface area contributed by atoms with Gasteiger partial charge in [0, 0.05) is 29.1 Å². The molecule has 1 heterocycles. The second kappa shape index (κ2) is 4.70. The lowest BCUT2D eigenvalue weighted by Crippen LogP contribution is -1.92. The summed E-state index contributed by atoms with van der Waals surface area (Å²) in [5.74, 6) is 0. The number of carbonyl (C=O) groups is 2. The van der Waals surface area contributed by atoms with E-state index in [2.05, 4.69) is 4.98 Å². The Morgan fingerprint density at radius 3 is 2.29 bits per heavy atom. The van der Waals surface area contributed by atoms with Crippen LogP contribution in [0, 0.1) is 6.92 Å². The van der Waals surface area contributed by atoms with Gasteiger partial charge in [0.05, 0.1) is 0 Å². The van der Waals surface area contributed by atoms with Crippen molar-refractivity contribution in [1.82, 2.24) is 4.98 Å². The first-order valence-electron chi connectivity index (χ1n) is 5.21. The van der Waals surface area contributed by atoms with Gasteiger partial charge in [-0.2, -0.15) is 0 Å². The van der Waals surface area contributed by atoms with Crippen molar-refractivity contribution in [2.75, 3.05) is 0 Å². The third-order valence-corrected chi connectivity index (χ3v) is 2.74. The van der Waals surface area contributed by atoms with Crippen LogP contribution in [0.25, 0.3) is 11.1 Å². The monoisotopic (exact) mass is 225 g/mol. The number of rotatable bonds is 3. The van der Waals surface area contributed by atoms with Crippen molar-refractivity contribution in [3.05, 3.63) is 53.3 Å². The van der Waals surface area contributed by atoms with Crippen LogP contribution < -0.4 is 0 Å². The third kappa shape index (κ3) is 2.13. The van der Waals surface area contributed by atoms with E-state index in [4.69, 9.17) is 0 Å². The van der Waals surface area contributed by atoms with E-state index >= 15 is 0 Å². The molecule has 0 N–H and O–H groups in total. The van der Waals surface area contributed by atoms with E-state index in [0.29, 0.717) is 11.1 Å². The van der Waals surface area contributed by atoms with E-state index in [1.54, 1.807) is 24.5 Å². The molecule has 0 spiro atoms. The van der Waals surface area contributed by atoms with Crippen molar-refractivity contribution in [1.29, 1.82) is 0 Å². The van der Waals surface area contributed by atoms with Crippen LogP contribution in [-0.4, -0.2) is 17.6 Å². The van der Waals surface area contributed by atoms with Gasteiger partial charge in [0.15, 0.2) is 6.29 Å². The number of carbonyl (C=O) groups excluding carboxylic acids is 2. The summed E-state index contributed by atoms with van der Waals surface area (Å²) >= 11 is 0. The predicted octanol–water partition coefficient (Wildman–Crippen LogP) is 2.68. The summed E-state index contributed by atoms with van der Waals surface area (Å²) < 4.78 is 0. The highest BCUT2D eigenvalue weighted by Gasteiger charge is 2.06. The normalized spacial score (nSPS) is 9.94. The van der Waals surface area contributed by atoms with Crippen molar-refractivity contribution in [2.45, 2.75) is 6.92 Å². The highest BCUT2D eigenvalue weighted by molar-refractivity contribution is 5.82. The Hall–Kier alpha value is -2.29. The van der Waals surface area contributed by atoms with Gasteiger partial charge in [-0.3, -0.25) is 14.6 Å². The maximum absolute atomic E-state index is 10.8. The van der Waals surface area contributed by atoms with Crippen LogP contribution >= 0.6 is 0 Å². The smallest absolute Gasteiger partial charge is 0.151 e. The number of nitrogens with zero attached hydrogens (tertiary/aromatic N) is 1. The molecule has 2 rings (SSSR count). The van der Waals surface area contributed by atoms with Crippen molar-refractivity contribution in [3.63, 3.8) is 0 Å². The van der Waals surface area contributed by atoms with Crippen LogP contribution in [0.1, 0.15) is 26.3 Å². The fourth-order valence-electron chi connectivity index (χ4n) is 1.69. The van der Waals surface area contributed by atoms with Gasteiger partial charge >= 0.3 is 0 Å². The molecule has 0 fully saturated rings. The zero-order valence-electron chi connectivity index (χ0n) is 9.38. The molecule has 0 aliphatic heterocycles. The molecule has 1 aromatic carbocycles. The maximum Gasteiger partial charge on any atom is 0.151 e. The lowest BCUT2D eigenvalue weighted by atomic mass is 9.99. The Labute approximate surface area is 99.1 Å². The number of benzene rings is 1. The quantitative estimate of drug-likeness (QED) is 0.754. The maximum atomic E-state index is 10.8. The van der Waals surface area contributed by atoms with E-state index < -0.39 is 0 Å². The average molecular weight is 225 g/mol. The highest BCUT2D eigenvalue weighted by atomic mass is 16.1. The number of hydrogen-bond acceptors (Lipinski definition) is 3. The molecule has 0 aliphatic carbocycles. The molecule has 0 unspecified atom stereocenters. The molecule has 0 aliphatic rings. The van der Waals surface area contributed by atoms with Crippen LogP contribution in [0.15, 0.2) is 36.7 Å². The van der Waals surface area contributed by atoms with Gasteiger partial charge in [0.25, 0.3) is 0 Å².